The van der Waals surface area contributed by atoms with Gasteiger partial charge in [0, 0.05) is 13.1 Å². The van der Waals surface area contributed by atoms with E-state index in [9.17, 15) is 12.8 Å². The smallest absolute Gasteiger partial charge is 0.243 e. The van der Waals surface area contributed by atoms with E-state index in [4.69, 9.17) is 5.11 Å². The maximum absolute atomic E-state index is 13.0. The highest BCUT2D eigenvalue weighted by Crippen LogP contribution is 2.21. The molecule has 0 atom stereocenters. The molecule has 0 spiro atoms. The first kappa shape index (κ1) is 16.1. The van der Waals surface area contributed by atoms with Crippen molar-refractivity contribution >= 4 is 10.0 Å². The van der Waals surface area contributed by atoms with Crippen LogP contribution in [0.15, 0.2) is 23.1 Å². The SMILES string of the molecule is CCCCN(CCO)S(=O)(=O)c1ccc(F)cc1C. The summed E-state index contributed by atoms with van der Waals surface area (Å²) >= 11 is 0. The fourth-order valence-corrected chi connectivity index (χ4v) is 3.51. The van der Waals surface area contributed by atoms with Gasteiger partial charge in [-0.2, -0.15) is 4.31 Å². The average Bonchev–Trinajstić information content (AvgIpc) is 2.33. The van der Waals surface area contributed by atoms with Crippen molar-refractivity contribution < 1.29 is 17.9 Å². The summed E-state index contributed by atoms with van der Waals surface area (Å²) in [6, 6.07) is 3.61. The monoisotopic (exact) mass is 289 g/mol. The van der Waals surface area contributed by atoms with Gasteiger partial charge in [0.25, 0.3) is 0 Å². The van der Waals surface area contributed by atoms with Crippen molar-refractivity contribution in [1.29, 1.82) is 0 Å². The van der Waals surface area contributed by atoms with E-state index in [1.54, 1.807) is 6.92 Å². The molecule has 1 rings (SSSR count). The molecule has 0 bridgehead atoms. The quantitative estimate of drug-likeness (QED) is 0.834. The van der Waals surface area contributed by atoms with Crippen LogP contribution in [0.3, 0.4) is 0 Å². The number of unbranched alkanes of at least 4 members (excludes halogenated alkanes) is 1. The normalized spacial score (nSPS) is 12.1. The van der Waals surface area contributed by atoms with E-state index in [1.165, 1.54) is 16.4 Å². The van der Waals surface area contributed by atoms with Gasteiger partial charge in [-0.3, -0.25) is 0 Å². The molecule has 0 fully saturated rings. The first-order valence-electron chi connectivity index (χ1n) is 6.30. The first-order valence-corrected chi connectivity index (χ1v) is 7.74. The highest BCUT2D eigenvalue weighted by molar-refractivity contribution is 7.89. The summed E-state index contributed by atoms with van der Waals surface area (Å²) in [4.78, 5) is 0.0958. The summed E-state index contributed by atoms with van der Waals surface area (Å²) in [5.74, 6) is -0.460. The molecule has 1 aromatic rings. The van der Waals surface area contributed by atoms with Crippen molar-refractivity contribution in [3.63, 3.8) is 0 Å². The Morgan fingerprint density at radius 2 is 2.00 bits per heavy atom. The molecule has 4 nitrogen and oxygen atoms in total. The zero-order valence-electron chi connectivity index (χ0n) is 11.3. The summed E-state index contributed by atoms with van der Waals surface area (Å²) in [5, 5.41) is 8.99. The Balaban J connectivity index is 3.11. The average molecular weight is 289 g/mol. The number of sulfonamides is 1. The minimum atomic E-state index is -3.68. The molecule has 0 radical (unpaired) electrons. The van der Waals surface area contributed by atoms with Crippen LogP contribution in [0, 0.1) is 12.7 Å². The van der Waals surface area contributed by atoms with Crippen LogP contribution in [0.1, 0.15) is 25.3 Å². The van der Waals surface area contributed by atoms with Crippen LogP contribution in [-0.2, 0) is 10.0 Å². The second kappa shape index (κ2) is 6.98. The van der Waals surface area contributed by atoms with Crippen molar-refractivity contribution in [2.45, 2.75) is 31.6 Å². The van der Waals surface area contributed by atoms with Crippen LogP contribution < -0.4 is 0 Å². The summed E-state index contributed by atoms with van der Waals surface area (Å²) in [6.07, 6.45) is 1.58. The zero-order valence-corrected chi connectivity index (χ0v) is 12.1. The molecule has 6 heteroatoms. The maximum Gasteiger partial charge on any atom is 0.243 e. The highest BCUT2D eigenvalue weighted by atomic mass is 32.2. The Morgan fingerprint density at radius 3 is 2.53 bits per heavy atom. The molecule has 0 aliphatic carbocycles. The number of hydrogen-bond donors (Lipinski definition) is 1. The minimum Gasteiger partial charge on any atom is -0.395 e. The van der Waals surface area contributed by atoms with Crippen LogP contribution in [0.5, 0.6) is 0 Å². The predicted molar refractivity (Wildman–Crippen MR) is 71.9 cm³/mol. The van der Waals surface area contributed by atoms with Gasteiger partial charge in [-0.05, 0) is 37.1 Å². The molecular formula is C13H20FNO3S. The molecule has 0 aromatic heterocycles. The second-order valence-corrected chi connectivity index (χ2v) is 6.30. The minimum absolute atomic E-state index is 0.0547. The van der Waals surface area contributed by atoms with Crippen LogP contribution >= 0.6 is 0 Å². The zero-order chi connectivity index (χ0) is 14.5. The molecule has 108 valence electrons. The Kier molecular flexibility index (Phi) is 5.90. The topological polar surface area (TPSA) is 57.6 Å². The highest BCUT2D eigenvalue weighted by Gasteiger charge is 2.25. The van der Waals surface area contributed by atoms with Gasteiger partial charge in [0.05, 0.1) is 11.5 Å². The van der Waals surface area contributed by atoms with Gasteiger partial charge in [0.1, 0.15) is 5.82 Å². The van der Waals surface area contributed by atoms with Crippen LogP contribution in [0.4, 0.5) is 4.39 Å². The summed E-state index contributed by atoms with van der Waals surface area (Å²) in [5.41, 5.74) is 0.374. The molecule has 1 N–H and O–H groups in total. The number of halogens is 1. The number of hydrogen-bond acceptors (Lipinski definition) is 3. The lowest BCUT2D eigenvalue weighted by molar-refractivity contribution is 0.252. The fraction of sp³-hybridized carbons (Fsp3) is 0.538. The summed E-state index contributed by atoms with van der Waals surface area (Å²) in [7, 11) is -3.68. The van der Waals surface area contributed by atoms with E-state index in [-0.39, 0.29) is 18.0 Å². The number of rotatable bonds is 7. The summed E-state index contributed by atoms with van der Waals surface area (Å²) in [6.45, 7) is 3.71. The molecule has 1 aromatic carbocycles. The molecule has 0 saturated heterocycles. The molecule has 0 aliphatic heterocycles. The van der Waals surface area contributed by atoms with Gasteiger partial charge in [-0.25, -0.2) is 12.8 Å². The van der Waals surface area contributed by atoms with E-state index in [0.717, 1.165) is 18.9 Å². The maximum atomic E-state index is 13.0. The third-order valence-electron chi connectivity index (χ3n) is 2.87. The van der Waals surface area contributed by atoms with E-state index in [2.05, 4.69) is 0 Å². The van der Waals surface area contributed by atoms with Gasteiger partial charge in [-0.1, -0.05) is 13.3 Å². The molecule has 0 heterocycles. The number of benzene rings is 1. The van der Waals surface area contributed by atoms with Crippen molar-refractivity contribution in [3.05, 3.63) is 29.6 Å². The van der Waals surface area contributed by atoms with Gasteiger partial charge >= 0.3 is 0 Å². The Morgan fingerprint density at radius 1 is 1.32 bits per heavy atom. The fourth-order valence-electron chi connectivity index (χ4n) is 1.84. The molecule has 19 heavy (non-hydrogen) atoms. The second-order valence-electron chi connectivity index (χ2n) is 4.39. The van der Waals surface area contributed by atoms with E-state index >= 15 is 0 Å². The third kappa shape index (κ3) is 3.99. The Bertz CT molecular complexity index is 517. The standard InChI is InChI=1S/C13H20FNO3S/c1-3-4-7-15(8-9-16)19(17,18)13-6-5-12(14)10-11(13)2/h5-6,10,16H,3-4,7-9H2,1-2H3. The van der Waals surface area contributed by atoms with E-state index < -0.39 is 15.8 Å². The third-order valence-corrected chi connectivity index (χ3v) is 4.92. The molecule has 0 amide bonds. The Labute approximate surface area is 113 Å². The van der Waals surface area contributed by atoms with Crippen molar-refractivity contribution in [1.82, 2.24) is 4.31 Å². The molecule has 0 unspecified atom stereocenters. The van der Waals surface area contributed by atoms with Crippen molar-refractivity contribution in [3.8, 4) is 0 Å². The lowest BCUT2D eigenvalue weighted by atomic mass is 10.2. The van der Waals surface area contributed by atoms with Gasteiger partial charge < -0.3 is 5.11 Å². The molecule has 0 saturated carbocycles. The van der Waals surface area contributed by atoms with Crippen molar-refractivity contribution in [2.75, 3.05) is 19.7 Å². The van der Waals surface area contributed by atoms with E-state index in [0.29, 0.717) is 12.1 Å². The molecular weight excluding hydrogens is 269 g/mol. The number of aliphatic hydroxyl groups excluding tert-OH is 1. The van der Waals surface area contributed by atoms with E-state index in [1.807, 2.05) is 6.92 Å². The first-order chi connectivity index (χ1) is 8.93. The van der Waals surface area contributed by atoms with Crippen LogP contribution in [-0.4, -0.2) is 37.5 Å². The van der Waals surface area contributed by atoms with Crippen molar-refractivity contribution in [2.24, 2.45) is 0 Å². The Hall–Kier alpha value is -0.980. The van der Waals surface area contributed by atoms with Crippen LogP contribution in [0.2, 0.25) is 0 Å². The van der Waals surface area contributed by atoms with Gasteiger partial charge in [0.15, 0.2) is 0 Å². The predicted octanol–water partition coefficient (Wildman–Crippen LogP) is 1.92. The van der Waals surface area contributed by atoms with Gasteiger partial charge in [-0.15, -0.1) is 0 Å². The number of aryl methyl sites for hydroxylation is 1. The van der Waals surface area contributed by atoms with Gasteiger partial charge in [0.2, 0.25) is 10.0 Å². The molecule has 0 aliphatic rings. The summed E-state index contributed by atoms with van der Waals surface area (Å²) < 4.78 is 39.2. The largest absolute Gasteiger partial charge is 0.395 e. The lowest BCUT2D eigenvalue weighted by Crippen LogP contribution is -2.34. The lowest BCUT2D eigenvalue weighted by Gasteiger charge is -2.22. The number of nitrogens with zero attached hydrogens (tertiary/aromatic N) is 1. The van der Waals surface area contributed by atoms with Crippen LogP contribution in [0.25, 0.3) is 0 Å². The number of aliphatic hydroxyl groups is 1.